The van der Waals surface area contributed by atoms with E-state index in [1.165, 1.54) is 12.1 Å². The molecule has 0 bridgehead atoms. The number of aromatic nitrogens is 4. The van der Waals surface area contributed by atoms with Crippen LogP contribution in [-0.4, -0.2) is 20.2 Å². The van der Waals surface area contributed by atoms with E-state index in [-0.39, 0.29) is 11.9 Å². The maximum atomic E-state index is 13.3. The number of anilines is 1. The number of nitrogens with one attached hydrogen (secondary N) is 1. The van der Waals surface area contributed by atoms with E-state index in [4.69, 9.17) is 4.74 Å². The van der Waals surface area contributed by atoms with Gasteiger partial charge in [-0.2, -0.15) is 4.68 Å². The van der Waals surface area contributed by atoms with Crippen LogP contribution in [0.2, 0.25) is 0 Å². The summed E-state index contributed by atoms with van der Waals surface area (Å²) in [6, 6.07) is 24.0. The minimum atomic E-state index is -0.275. The summed E-state index contributed by atoms with van der Waals surface area (Å²) in [4.78, 5) is 0. The molecular formula is C23H18FN5O. The predicted molar refractivity (Wildman–Crippen MR) is 111 cm³/mol. The highest BCUT2D eigenvalue weighted by Crippen LogP contribution is 2.32. The summed E-state index contributed by atoms with van der Waals surface area (Å²) in [6.45, 7) is 0.513. The third-order valence-electron chi connectivity index (χ3n) is 4.95. The van der Waals surface area contributed by atoms with Crippen molar-refractivity contribution in [2.45, 2.75) is 12.6 Å². The third kappa shape index (κ3) is 3.65. The number of allylic oxidation sites excluding steroid dienone is 1. The summed E-state index contributed by atoms with van der Waals surface area (Å²) in [6.07, 6.45) is 2.02. The van der Waals surface area contributed by atoms with Crippen LogP contribution in [0, 0.1) is 5.82 Å². The van der Waals surface area contributed by atoms with Gasteiger partial charge in [-0.05, 0) is 69.6 Å². The fourth-order valence-electron chi connectivity index (χ4n) is 3.39. The van der Waals surface area contributed by atoms with Gasteiger partial charge in [-0.15, -0.1) is 0 Å². The van der Waals surface area contributed by atoms with Gasteiger partial charge in [0, 0.05) is 5.70 Å². The standard InChI is InChI=1S/C23H18FN5O/c24-19-10-6-17(7-11-19)21-14-22(29-23(25-21)26-27-28-29)18-8-12-20(13-9-18)30-15-16-4-2-1-3-5-16/h1-14,22H,15H2,(H,25,26,28)/t22-/m1/s1. The lowest BCUT2D eigenvalue weighted by atomic mass is 10.0. The first-order valence-electron chi connectivity index (χ1n) is 9.55. The minimum Gasteiger partial charge on any atom is -0.489 e. The van der Waals surface area contributed by atoms with E-state index in [0.717, 1.165) is 28.1 Å². The Morgan fingerprint density at radius 2 is 1.70 bits per heavy atom. The second kappa shape index (κ2) is 7.79. The zero-order valence-electron chi connectivity index (χ0n) is 15.9. The molecule has 148 valence electrons. The number of fused-ring (bicyclic) bond motifs is 1. The Balaban J connectivity index is 1.40. The van der Waals surface area contributed by atoms with Crippen LogP contribution < -0.4 is 10.1 Å². The molecule has 1 aliphatic heterocycles. The molecule has 0 amide bonds. The molecule has 1 aliphatic rings. The highest BCUT2D eigenvalue weighted by Gasteiger charge is 2.24. The van der Waals surface area contributed by atoms with E-state index < -0.39 is 0 Å². The second-order valence-corrected chi connectivity index (χ2v) is 6.95. The molecule has 4 aromatic rings. The van der Waals surface area contributed by atoms with Gasteiger partial charge in [0.2, 0.25) is 5.95 Å². The molecule has 6 nitrogen and oxygen atoms in total. The number of hydrogen-bond acceptors (Lipinski definition) is 5. The fourth-order valence-corrected chi connectivity index (χ4v) is 3.39. The molecule has 3 aromatic carbocycles. The maximum absolute atomic E-state index is 13.3. The third-order valence-corrected chi connectivity index (χ3v) is 4.95. The lowest BCUT2D eigenvalue weighted by Crippen LogP contribution is -2.20. The largest absolute Gasteiger partial charge is 0.489 e. The predicted octanol–water partition coefficient (Wildman–Crippen LogP) is 4.45. The monoisotopic (exact) mass is 399 g/mol. The van der Waals surface area contributed by atoms with Crippen LogP contribution in [0.5, 0.6) is 5.75 Å². The van der Waals surface area contributed by atoms with Crippen molar-refractivity contribution < 1.29 is 9.13 Å². The van der Waals surface area contributed by atoms with E-state index in [1.54, 1.807) is 16.8 Å². The maximum Gasteiger partial charge on any atom is 0.248 e. The molecule has 1 N–H and O–H groups in total. The molecule has 0 radical (unpaired) electrons. The van der Waals surface area contributed by atoms with Crippen LogP contribution in [0.1, 0.15) is 22.7 Å². The van der Waals surface area contributed by atoms with Crippen LogP contribution in [0.4, 0.5) is 10.3 Å². The van der Waals surface area contributed by atoms with E-state index in [0.29, 0.717) is 12.6 Å². The van der Waals surface area contributed by atoms with Gasteiger partial charge < -0.3 is 10.1 Å². The number of halogens is 1. The number of rotatable bonds is 5. The summed E-state index contributed by atoms with van der Waals surface area (Å²) >= 11 is 0. The first-order valence-corrected chi connectivity index (χ1v) is 9.55. The normalized spacial score (nSPS) is 15.1. The van der Waals surface area contributed by atoms with Crippen LogP contribution in [0.15, 0.2) is 84.9 Å². The van der Waals surface area contributed by atoms with E-state index in [9.17, 15) is 4.39 Å². The number of nitrogens with zero attached hydrogens (tertiary/aromatic N) is 4. The molecule has 5 rings (SSSR count). The Bertz CT molecular complexity index is 1170. The Morgan fingerprint density at radius 3 is 2.47 bits per heavy atom. The van der Waals surface area contributed by atoms with Crippen LogP contribution in [0.25, 0.3) is 5.70 Å². The molecule has 0 saturated carbocycles. The summed E-state index contributed by atoms with van der Waals surface area (Å²) in [5.74, 6) is 1.05. The van der Waals surface area contributed by atoms with Gasteiger partial charge in [-0.1, -0.05) is 47.6 Å². The van der Waals surface area contributed by atoms with Crippen molar-refractivity contribution in [3.8, 4) is 5.75 Å². The molecule has 2 heterocycles. The average molecular weight is 399 g/mol. The van der Waals surface area contributed by atoms with Gasteiger partial charge in [-0.25, -0.2) is 4.39 Å². The van der Waals surface area contributed by atoms with E-state index in [1.807, 2.05) is 60.7 Å². The molecule has 0 aliphatic carbocycles. The highest BCUT2D eigenvalue weighted by atomic mass is 19.1. The highest BCUT2D eigenvalue weighted by molar-refractivity contribution is 5.76. The van der Waals surface area contributed by atoms with Gasteiger partial charge in [0.15, 0.2) is 0 Å². The summed E-state index contributed by atoms with van der Waals surface area (Å²) in [5.41, 5.74) is 3.81. The lowest BCUT2D eigenvalue weighted by molar-refractivity contribution is 0.306. The van der Waals surface area contributed by atoms with Crippen molar-refractivity contribution in [1.82, 2.24) is 20.2 Å². The van der Waals surface area contributed by atoms with Gasteiger partial charge in [0.05, 0.1) is 0 Å². The topological polar surface area (TPSA) is 64.9 Å². The molecule has 0 saturated heterocycles. The van der Waals surface area contributed by atoms with Gasteiger partial charge in [-0.3, -0.25) is 0 Å². The molecule has 0 fully saturated rings. The smallest absolute Gasteiger partial charge is 0.248 e. The van der Waals surface area contributed by atoms with Gasteiger partial charge >= 0.3 is 0 Å². The number of ether oxygens (including phenoxy) is 1. The van der Waals surface area contributed by atoms with Crippen LogP contribution in [0.3, 0.4) is 0 Å². The van der Waals surface area contributed by atoms with Crippen molar-refractivity contribution in [1.29, 1.82) is 0 Å². The lowest BCUT2D eigenvalue weighted by Gasteiger charge is -2.23. The zero-order chi connectivity index (χ0) is 20.3. The summed E-state index contributed by atoms with van der Waals surface area (Å²) in [7, 11) is 0. The minimum absolute atomic E-state index is 0.195. The van der Waals surface area contributed by atoms with Crippen LogP contribution in [-0.2, 0) is 6.61 Å². The van der Waals surface area contributed by atoms with Crippen molar-refractivity contribution in [3.63, 3.8) is 0 Å². The quantitative estimate of drug-likeness (QED) is 0.537. The van der Waals surface area contributed by atoms with Crippen LogP contribution >= 0.6 is 0 Å². The second-order valence-electron chi connectivity index (χ2n) is 6.95. The Labute approximate surface area is 172 Å². The zero-order valence-corrected chi connectivity index (χ0v) is 15.9. The molecule has 1 atom stereocenters. The molecule has 1 aromatic heterocycles. The van der Waals surface area contributed by atoms with Gasteiger partial charge in [0.1, 0.15) is 24.2 Å². The number of hydrogen-bond donors (Lipinski definition) is 1. The van der Waals surface area contributed by atoms with Gasteiger partial charge in [0.25, 0.3) is 0 Å². The first kappa shape index (κ1) is 18.1. The Morgan fingerprint density at radius 1 is 0.933 bits per heavy atom. The number of tetrazole rings is 1. The molecule has 30 heavy (non-hydrogen) atoms. The summed E-state index contributed by atoms with van der Waals surface area (Å²) < 4.78 is 20.9. The average Bonchev–Trinajstić information content (AvgIpc) is 3.27. The molecular weight excluding hydrogens is 381 g/mol. The Hall–Kier alpha value is -4.00. The SMILES string of the molecule is Fc1ccc(C2=C[C@H](c3ccc(OCc4ccccc4)cc3)n3nnnc3N2)cc1. The van der Waals surface area contributed by atoms with Crippen molar-refractivity contribution >= 4 is 11.6 Å². The van der Waals surface area contributed by atoms with Crippen molar-refractivity contribution in [2.24, 2.45) is 0 Å². The number of benzene rings is 3. The first-order chi connectivity index (χ1) is 14.8. The van der Waals surface area contributed by atoms with Crippen molar-refractivity contribution in [2.75, 3.05) is 5.32 Å². The van der Waals surface area contributed by atoms with E-state index >= 15 is 0 Å². The molecule has 0 spiro atoms. The fraction of sp³-hybridized carbons (Fsp3) is 0.0870. The van der Waals surface area contributed by atoms with E-state index in [2.05, 4.69) is 20.8 Å². The summed E-state index contributed by atoms with van der Waals surface area (Å²) in [5, 5.41) is 15.2. The van der Waals surface area contributed by atoms with Crippen molar-refractivity contribution in [3.05, 3.63) is 107 Å². The Kier molecular flexibility index (Phi) is 4.69. The molecule has 0 unspecified atom stereocenters. The molecule has 7 heteroatoms.